The Labute approximate surface area is 186 Å². The maximum absolute atomic E-state index is 13.7. The molecule has 168 valence electrons. The first-order chi connectivity index (χ1) is 14.7. The van der Waals surface area contributed by atoms with Gasteiger partial charge in [-0.25, -0.2) is 0 Å². The van der Waals surface area contributed by atoms with Crippen LogP contribution in [-0.2, 0) is 19.1 Å². The second kappa shape index (κ2) is 8.13. The molecule has 3 heterocycles. The number of likely N-dealkylation sites (tertiary alicyclic amines) is 1. The lowest BCUT2D eigenvalue weighted by molar-refractivity contribution is -0.154. The molecule has 0 saturated carbocycles. The van der Waals surface area contributed by atoms with Gasteiger partial charge in [-0.05, 0) is 57.7 Å². The molecule has 2 N–H and O–H groups in total. The number of carbonyl (C=O) groups is 3. The zero-order valence-electron chi connectivity index (χ0n) is 18.4. The molecule has 4 rings (SSSR count). The predicted molar refractivity (Wildman–Crippen MR) is 119 cm³/mol. The summed E-state index contributed by atoms with van der Waals surface area (Å²) in [6.07, 6.45) is 1.46. The molecule has 31 heavy (non-hydrogen) atoms. The number of carbonyl (C=O) groups excluding carboxylic acids is 3. The first kappa shape index (κ1) is 22.1. The SMILES string of the molecule is CCOC(=O)[C@@H]1[C@@H]2CCC3(S2)C(C(=O)Nc2cc(C)ccc2C)N([C@H](C)CO)C(=O)[C@H]13. The molecule has 3 aliphatic rings. The van der Waals surface area contributed by atoms with E-state index in [1.54, 1.807) is 25.6 Å². The number of benzene rings is 1. The number of amides is 2. The maximum Gasteiger partial charge on any atom is 0.310 e. The van der Waals surface area contributed by atoms with Crippen molar-refractivity contribution in [3.8, 4) is 0 Å². The maximum atomic E-state index is 13.7. The van der Waals surface area contributed by atoms with E-state index in [0.717, 1.165) is 17.5 Å². The molecule has 0 aromatic heterocycles. The zero-order valence-corrected chi connectivity index (χ0v) is 19.2. The molecule has 2 unspecified atom stereocenters. The fraction of sp³-hybridized carbons (Fsp3) is 0.609. The van der Waals surface area contributed by atoms with Crippen molar-refractivity contribution in [1.29, 1.82) is 0 Å². The number of rotatable bonds is 6. The number of esters is 1. The Hall–Kier alpha value is -2.06. The number of nitrogens with zero attached hydrogens (tertiary/aromatic N) is 1. The summed E-state index contributed by atoms with van der Waals surface area (Å²) in [5.74, 6) is -1.98. The van der Waals surface area contributed by atoms with Gasteiger partial charge in [0.1, 0.15) is 6.04 Å². The van der Waals surface area contributed by atoms with E-state index < -0.39 is 28.7 Å². The molecular weight excluding hydrogens is 416 g/mol. The lowest BCUT2D eigenvalue weighted by atomic mass is 9.71. The van der Waals surface area contributed by atoms with Crippen LogP contribution in [0.2, 0.25) is 0 Å². The third-order valence-electron chi connectivity index (χ3n) is 6.94. The van der Waals surface area contributed by atoms with E-state index >= 15 is 0 Å². The Morgan fingerprint density at radius 2 is 2.13 bits per heavy atom. The van der Waals surface area contributed by atoms with Crippen molar-refractivity contribution >= 4 is 35.2 Å². The van der Waals surface area contributed by atoms with Crippen molar-refractivity contribution in [2.75, 3.05) is 18.5 Å². The van der Waals surface area contributed by atoms with Crippen LogP contribution < -0.4 is 5.32 Å². The van der Waals surface area contributed by atoms with Gasteiger partial charge in [0.05, 0.1) is 35.8 Å². The highest BCUT2D eigenvalue weighted by Gasteiger charge is 2.74. The van der Waals surface area contributed by atoms with E-state index in [0.29, 0.717) is 12.1 Å². The Morgan fingerprint density at radius 3 is 2.81 bits per heavy atom. The summed E-state index contributed by atoms with van der Waals surface area (Å²) in [7, 11) is 0. The minimum absolute atomic E-state index is 0.0180. The number of aliphatic hydroxyl groups is 1. The Balaban J connectivity index is 1.73. The molecule has 1 aromatic carbocycles. The van der Waals surface area contributed by atoms with Crippen LogP contribution in [0.5, 0.6) is 0 Å². The number of anilines is 1. The molecule has 1 spiro atoms. The summed E-state index contributed by atoms with van der Waals surface area (Å²) >= 11 is 1.60. The summed E-state index contributed by atoms with van der Waals surface area (Å²) in [5.41, 5.74) is 2.68. The van der Waals surface area contributed by atoms with E-state index in [1.807, 2.05) is 32.0 Å². The highest BCUT2D eigenvalue weighted by molar-refractivity contribution is 8.02. The van der Waals surface area contributed by atoms with Crippen molar-refractivity contribution in [3.05, 3.63) is 29.3 Å². The van der Waals surface area contributed by atoms with Gasteiger partial charge in [-0.2, -0.15) is 0 Å². The van der Waals surface area contributed by atoms with Crippen LogP contribution >= 0.6 is 11.8 Å². The van der Waals surface area contributed by atoms with Gasteiger partial charge in [0.15, 0.2) is 0 Å². The smallest absolute Gasteiger partial charge is 0.310 e. The summed E-state index contributed by atoms with van der Waals surface area (Å²) < 4.78 is 4.62. The number of fused-ring (bicyclic) bond motifs is 1. The Morgan fingerprint density at radius 1 is 1.39 bits per heavy atom. The summed E-state index contributed by atoms with van der Waals surface area (Å²) in [4.78, 5) is 41.5. The molecule has 0 radical (unpaired) electrons. The van der Waals surface area contributed by atoms with Crippen LogP contribution in [0.15, 0.2) is 18.2 Å². The quantitative estimate of drug-likeness (QED) is 0.651. The van der Waals surface area contributed by atoms with E-state index in [2.05, 4.69) is 5.32 Å². The summed E-state index contributed by atoms with van der Waals surface area (Å²) in [6, 6.07) is 4.58. The number of thioether (sulfide) groups is 1. The van der Waals surface area contributed by atoms with Gasteiger partial charge in [-0.15, -0.1) is 11.8 Å². The van der Waals surface area contributed by atoms with Gasteiger partial charge in [-0.3, -0.25) is 14.4 Å². The summed E-state index contributed by atoms with van der Waals surface area (Å²) in [6.45, 7) is 7.39. The Kier molecular flexibility index (Phi) is 5.81. The fourth-order valence-electron chi connectivity index (χ4n) is 5.53. The predicted octanol–water partition coefficient (Wildman–Crippen LogP) is 2.28. The number of aliphatic hydroxyl groups excluding tert-OH is 1. The molecule has 3 aliphatic heterocycles. The molecule has 6 atom stereocenters. The molecule has 3 saturated heterocycles. The molecule has 2 bridgehead atoms. The normalized spacial score (nSPS) is 32.2. The van der Waals surface area contributed by atoms with Crippen LogP contribution in [0.3, 0.4) is 0 Å². The highest BCUT2D eigenvalue weighted by Crippen LogP contribution is 2.66. The molecule has 2 amide bonds. The first-order valence-electron chi connectivity index (χ1n) is 10.9. The second-order valence-corrected chi connectivity index (χ2v) is 10.5. The number of ether oxygens (including phenoxy) is 1. The number of aryl methyl sites for hydroxylation is 2. The lowest BCUT2D eigenvalue weighted by Gasteiger charge is -2.36. The van der Waals surface area contributed by atoms with Gasteiger partial charge in [0.25, 0.3) is 0 Å². The molecular formula is C23H30N2O5S. The van der Waals surface area contributed by atoms with Crippen LogP contribution in [-0.4, -0.2) is 63.1 Å². The van der Waals surface area contributed by atoms with Crippen LogP contribution in [0, 0.1) is 25.7 Å². The first-order valence-corrected chi connectivity index (χ1v) is 11.8. The van der Waals surface area contributed by atoms with E-state index in [1.165, 1.54) is 4.90 Å². The van der Waals surface area contributed by atoms with Crippen molar-refractivity contribution in [1.82, 2.24) is 4.90 Å². The lowest BCUT2D eigenvalue weighted by Crippen LogP contribution is -2.54. The van der Waals surface area contributed by atoms with Gasteiger partial charge in [0, 0.05) is 10.9 Å². The number of hydrogen-bond donors (Lipinski definition) is 2. The van der Waals surface area contributed by atoms with Crippen molar-refractivity contribution in [3.63, 3.8) is 0 Å². The minimum atomic E-state index is -0.749. The van der Waals surface area contributed by atoms with Crippen molar-refractivity contribution in [2.45, 2.75) is 62.6 Å². The molecule has 8 heteroatoms. The van der Waals surface area contributed by atoms with Gasteiger partial charge >= 0.3 is 5.97 Å². The van der Waals surface area contributed by atoms with Crippen LogP contribution in [0.4, 0.5) is 5.69 Å². The zero-order chi connectivity index (χ0) is 22.5. The molecule has 0 aliphatic carbocycles. The topological polar surface area (TPSA) is 95.9 Å². The third kappa shape index (κ3) is 3.35. The summed E-state index contributed by atoms with van der Waals surface area (Å²) in [5, 5.41) is 12.9. The van der Waals surface area contributed by atoms with E-state index in [4.69, 9.17) is 4.74 Å². The van der Waals surface area contributed by atoms with Crippen LogP contribution in [0.1, 0.15) is 37.8 Å². The van der Waals surface area contributed by atoms with Gasteiger partial charge < -0.3 is 20.1 Å². The average Bonchev–Trinajstić information content (AvgIpc) is 3.37. The molecule has 7 nitrogen and oxygen atoms in total. The van der Waals surface area contributed by atoms with Crippen LogP contribution in [0.25, 0.3) is 0 Å². The highest BCUT2D eigenvalue weighted by atomic mass is 32.2. The second-order valence-electron chi connectivity index (χ2n) is 8.89. The van der Waals surface area contributed by atoms with Gasteiger partial charge in [0.2, 0.25) is 11.8 Å². The third-order valence-corrected chi connectivity index (χ3v) is 8.89. The molecule has 1 aromatic rings. The monoisotopic (exact) mass is 446 g/mol. The fourth-order valence-corrected chi connectivity index (χ4v) is 7.72. The largest absolute Gasteiger partial charge is 0.466 e. The number of hydrogen-bond acceptors (Lipinski definition) is 6. The average molecular weight is 447 g/mol. The minimum Gasteiger partial charge on any atom is -0.466 e. The van der Waals surface area contributed by atoms with Crippen molar-refractivity contribution < 1.29 is 24.2 Å². The van der Waals surface area contributed by atoms with Gasteiger partial charge in [-0.1, -0.05) is 12.1 Å². The standard InChI is InChI=1S/C23H30N2O5S/c1-5-30-22(29)17-16-8-9-23(31-16)18(17)21(28)25(14(4)11-26)19(23)20(27)24-15-10-12(2)6-7-13(15)3/h6-7,10,14,16-19,26H,5,8-9,11H2,1-4H3,(H,24,27)/t14-,16+,17-,18+,19?,23?/m1/s1. The van der Waals surface area contributed by atoms with E-state index in [-0.39, 0.29) is 36.2 Å². The Bertz CT molecular complexity index is 921. The van der Waals surface area contributed by atoms with Crippen molar-refractivity contribution in [2.24, 2.45) is 11.8 Å². The van der Waals surface area contributed by atoms with E-state index in [9.17, 15) is 19.5 Å². The molecule has 3 fully saturated rings. The number of nitrogens with one attached hydrogen (secondary N) is 1.